The average molecular weight is 361 g/mol. The first-order valence-electron chi connectivity index (χ1n) is 7.09. The minimum Gasteiger partial charge on any atom is -0.306 e. The first-order valence-corrected chi connectivity index (χ1v) is 8.77. The fourth-order valence-corrected chi connectivity index (χ4v) is 3.74. The van der Waals surface area contributed by atoms with Crippen LogP contribution < -0.4 is 5.32 Å². The standard InChI is InChI=1S/C17H17BrN2S/c1-2-7-20-17(13-8-16(18)21-11-13)15-10-19-9-12-5-3-4-6-14(12)15/h3-6,8-11,17,20H,2,7H2,1H3. The van der Waals surface area contributed by atoms with Crippen LogP contribution in [-0.4, -0.2) is 11.5 Å². The summed E-state index contributed by atoms with van der Waals surface area (Å²) >= 11 is 5.29. The van der Waals surface area contributed by atoms with Gasteiger partial charge in [0.15, 0.2) is 0 Å². The monoisotopic (exact) mass is 360 g/mol. The van der Waals surface area contributed by atoms with E-state index in [0.29, 0.717) is 0 Å². The summed E-state index contributed by atoms with van der Waals surface area (Å²) in [6.45, 7) is 3.18. The highest BCUT2D eigenvalue weighted by Crippen LogP contribution is 2.32. The number of thiophene rings is 1. The molecule has 1 atom stereocenters. The fourth-order valence-electron chi connectivity index (χ4n) is 2.54. The summed E-state index contributed by atoms with van der Waals surface area (Å²) in [6, 6.07) is 10.8. The molecule has 0 bridgehead atoms. The van der Waals surface area contributed by atoms with Gasteiger partial charge in [0.2, 0.25) is 0 Å². The highest BCUT2D eigenvalue weighted by atomic mass is 79.9. The maximum atomic E-state index is 4.43. The lowest BCUT2D eigenvalue weighted by Gasteiger charge is -2.19. The van der Waals surface area contributed by atoms with Crippen LogP contribution in [0, 0.1) is 0 Å². The highest BCUT2D eigenvalue weighted by molar-refractivity contribution is 9.11. The van der Waals surface area contributed by atoms with Crippen LogP contribution in [0.15, 0.2) is 51.9 Å². The van der Waals surface area contributed by atoms with E-state index in [1.165, 1.54) is 21.9 Å². The predicted molar refractivity (Wildman–Crippen MR) is 93.9 cm³/mol. The van der Waals surface area contributed by atoms with Crippen LogP contribution >= 0.6 is 27.3 Å². The summed E-state index contributed by atoms with van der Waals surface area (Å²) < 4.78 is 1.16. The predicted octanol–water partition coefficient (Wildman–Crippen LogP) is 5.15. The first-order chi connectivity index (χ1) is 10.3. The van der Waals surface area contributed by atoms with E-state index in [4.69, 9.17) is 0 Å². The second-order valence-corrected chi connectivity index (χ2v) is 7.31. The third-order valence-electron chi connectivity index (χ3n) is 3.53. The van der Waals surface area contributed by atoms with E-state index in [0.717, 1.165) is 16.8 Å². The Kier molecular flexibility index (Phi) is 4.68. The van der Waals surface area contributed by atoms with Gasteiger partial charge in [0.05, 0.1) is 9.83 Å². The molecule has 0 aliphatic rings. The molecule has 1 aromatic carbocycles. The molecule has 4 heteroatoms. The number of rotatable bonds is 5. The summed E-state index contributed by atoms with van der Waals surface area (Å²) in [5.74, 6) is 0. The van der Waals surface area contributed by atoms with Crippen LogP contribution in [0.25, 0.3) is 10.8 Å². The molecule has 0 saturated carbocycles. The van der Waals surface area contributed by atoms with Crippen molar-refractivity contribution in [1.29, 1.82) is 0 Å². The Balaban J connectivity index is 2.09. The van der Waals surface area contributed by atoms with Gasteiger partial charge in [-0.25, -0.2) is 0 Å². The smallest absolute Gasteiger partial charge is 0.0701 e. The van der Waals surface area contributed by atoms with E-state index in [2.05, 4.69) is 68.9 Å². The SMILES string of the molecule is CCCNC(c1csc(Br)c1)c1cncc2ccccc12. The second-order valence-electron chi connectivity index (χ2n) is 5.02. The number of pyridine rings is 1. The van der Waals surface area contributed by atoms with Crippen LogP contribution in [-0.2, 0) is 0 Å². The van der Waals surface area contributed by atoms with Gasteiger partial charge in [0.1, 0.15) is 0 Å². The van der Waals surface area contributed by atoms with Gasteiger partial charge in [0, 0.05) is 17.8 Å². The normalized spacial score (nSPS) is 12.7. The largest absolute Gasteiger partial charge is 0.306 e. The van der Waals surface area contributed by atoms with Gasteiger partial charge in [-0.3, -0.25) is 4.98 Å². The van der Waals surface area contributed by atoms with E-state index in [9.17, 15) is 0 Å². The maximum Gasteiger partial charge on any atom is 0.0701 e. The average Bonchev–Trinajstić information content (AvgIpc) is 2.94. The third kappa shape index (κ3) is 3.18. The Bertz CT molecular complexity index is 733. The van der Waals surface area contributed by atoms with Gasteiger partial charge in [-0.15, -0.1) is 11.3 Å². The number of hydrogen-bond donors (Lipinski definition) is 1. The van der Waals surface area contributed by atoms with Crippen molar-refractivity contribution in [2.24, 2.45) is 0 Å². The number of nitrogens with zero attached hydrogens (tertiary/aromatic N) is 1. The van der Waals surface area contributed by atoms with Crippen LogP contribution in [0.5, 0.6) is 0 Å². The van der Waals surface area contributed by atoms with Crippen molar-refractivity contribution in [1.82, 2.24) is 10.3 Å². The Morgan fingerprint density at radius 1 is 1.29 bits per heavy atom. The molecule has 3 aromatic rings. The molecule has 0 amide bonds. The fraction of sp³-hybridized carbons (Fsp3) is 0.235. The van der Waals surface area contributed by atoms with Crippen molar-refractivity contribution in [3.8, 4) is 0 Å². The first kappa shape index (κ1) is 14.7. The molecule has 3 rings (SSSR count). The van der Waals surface area contributed by atoms with Gasteiger partial charge in [-0.05, 0) is 56.9 Å². The van der Waals surface area contributed by atoms with Crippen molar-refractivity contribution in [3.05, 3.63) is 63.0 Å². The molecular formula is C17H17BrN2S. The number of aromatic nitrogens is 1. The molecule has 2 heterocycles. The lowest BCUT2D eigenvalue weighted by molar-refractivity contribution is 0.601. The topological polar surface area (TPSA) is 24.9 Å². The van der Waals surface area contributed by atoms with Crippen LogP contribution in [0.1, 0.15) is 30.5 Å². The number of fused-ring (bicyclic) bond motifs is 1. The highest BCUT2D eigenvalue weighted by Gasteiger charge is 2.17. The molecule has 1 unspecified atom stereocenters. The Morgan fingerprint density at radius 2 is 2.14 bits per heavy atom. The van der Waals surface area contributed by atoms with E-state index < -0.39 is 0 Å². The lowest BCUT2D eigenvalue weighted by atomic mass is 9.97. The summed E-state index contributed by atoms with van der Waals surface area (Å²) in [5.41, 5.74) is 2.53. The van der Waals surface area contributed by atoms with Crippen molar-refractivity contribution in [2.75, 3.05) is 6.54 Å². The van der Waals surface area contributed by atoms with Crippen molar-refractivity contribution in [2.45, 2.75) is 19.4 Å². The lowest BCUT2D eigenvalue weighted by Crippen LogP contribution is -2.23. The van der Waals surface area contributed by atoms with Crippen LogP contribution in [0.4, 0.5) is 0 Å². The summed E-state index contributed by atoms with van der Waals surface area (Å²) in [5, 5.41) is 8.32. The zero-order valence-electron chi connectivity index (χ0n) is 11.8. The molecule has 2 aromatic heterocycles. The quantitative estimate of drug-likeness (QED) is 0.680. The summed E-state index contributed by atoms with van der Waals surface area (Å²) in [4.78, 5) is 4.43. The van der Waals surface area contributed by atoms with Crippen LogP contribution in [0.2, 0.25) is 0 Å². The number of benzene rings is 1. The Labute approximate surface area is 137 Å². The number of hydrogen-bond acceptors (Lipinski definition) is 3. The minimum absolute atomic E-state index is 0.186. The van der Waals surface area contributed by atoms with Crippen molar-refractivity contribution in [3.63, 3.8) is 0 Å². The molecule has 21 heavy (non-hydrogen) atoms. The van der Waals surface area contributed by atoms with E-state index >= 15 is 0 Å². The molecule has 0 fully saturated rings. The Morgan fingerprint density at radius 3 is 2.90 bits per heavy atom. The molecule has 0 radical (unpaired) electrons. The molecule has 0 aliphatic carbocycles. The molecule has 0 aliphatic heterocycles. The zero-order chi connectivity index (χ0) is 14.7. The molecule has 0 spiro atoms. The summed E-state index contributed by atoms with van der Waals surface area (Å²) in [7, 11) is 0. The van der Waals surface area contributed by atoms with E-state index in [1.807, 2.05) is 12.4 Å². The van der Waals surface area contributed by atoms with Gasteiger partial charge in [0.25, 0.3) is 0 Å². The van der Waals surface area contributed by atoms with Crippen LogP contribution in [0.3, 0.4) is 0 Å². The van der Waals surface area contributed by atoms with E-state index in [1.54, 1.807) is 11.3 Å². The molecular weight excluding hydrogens is 344 g/mol. The maximum absolute atomic E-state index is 4.43. The number of halogens is 1. The van der Waals surface area contributed by atoms with Crippen molar-refractivity contribution < 1.29 is 0 Å². The van der Waals surface area contributed by atoms with Gasteiger partial charge in [-0.1, -0.05) is 31.2 Å². The molecule has 2 nitrogen and oxygen atoms in total. The summed E-state index contributed by atoms with van der Waals surface area (Å²) in [6.07, 6.45) is 5.03. The second kappa shape index (κ2) is 6.69. The van der Waals surface area contributed by atoms with E-state index in [-0.39, 0.29) is 6.04 Å². The third-order valence-corrected chi connectivity index (χ3v) is 5.05. The zero-order valence-corrected chi connectivity index (χ0v) is 14.2. The number of nitrogens with one attached hydrogen (secondary N) is 1. The Hall–Kier alpha value is -1.23. The van der Waals surface area contributed by atoms with Gasteiger partial charge in [-0.2, -0.15) is 0 Å². The molecule has 108 valence electrons. The molecule has 0 saturated heterocycles. The minimum atomic E-state index is 0.186. The van der Waals surface area contributed by atoms with Gasteiger partial charge >= 0.3 is 0 Å². The molecule has 1 N–H and O–H groups in total. The van der Waals surface area contributed by atoms with Crippen molar-refractivity contribution >= 4 is 38.0 Å². The van der Waals surface area contributed by atoms with Gasteiger partial charge < -0.3 is 5.32 Å².